The number of amides is 1. The van der Waals surface area contributed by atoms with Gasteiger partial charge in [0.05, 0.1) is 5.02 Å². The van der Waals surface area contributed by atoms with Crippen LogP contribution in [0.25, 0.3) is 0 Å². The van der Waals surface area contributed by atoms with Gasteiger partial charge >= 0.3 is 0 Å². The van der Waals surface area contributed by atoms with Crippen molar-refractivity contribution in [1.29, 1.82) is 0 Å². The van der Waals surface area contributed by atoms with E-state index >= 15 is 0 Å². The van der Waals surface area contributed by atoms with Crippen molar-refractivity contribution in [3.05, 3.63) is 27.2 Å². The van der Waals surface area contributed by atoms with Gasteiger partial charge in [-0.25, -0.2) is 0 Å². The number of rotatable bonds is 1. The number of anilines is 1. The molecule has 1 unspecified atom stereocenters. The Morgan fingerprint density at radius 3 is 2.81 bits per heavy atom. The van der Waals surface area contributed by atoms with Crippen LogP contribution in [0.2, 0.25) is 5.02 Å². The average Bonchev–Trinajstić information content (AvgIpc) is 2.51. The molecule has 1 atom stereocenters. The third-order valence-electron chi connectivity index (χ3n) is 2.63. The van der Waals surface area contributed by atoms with E-state index in [-0.39, 0.29) is 11.2 Å². The molecule has 1 aliphatic heterocycles. The first-order valence-electron chi connectivity index (χ1n) is 4.93. The molecule has 0 saturated carbocycles. The van der Waals surface area contributed by atoms with Gasteiger partial charge in [0.15, 0.2) is 0 Å². The van der Waals surface area contributed by atoms with Crippen LogP contribution in [-0.2, 0) is 4.79 Å². The van der Waals surface area contributed by atoms with E-state index in [1.165, 1.54) is 0 Å². The maximum atomic E-state index is 11.8. The Kier molecular flexibility index (Phi) is 3.52. The molecule has 0 spiro atoms. The highest BCUT2D eigenvalue weighted by Gasteiger charge is 2.29. The summed E-state index contributed by atoms with van der Waals surface area (Å²) >= 11 is 13.7. The largest absolute Gasteiger partial charge is 0.311 e. The summed E-state index contributed by atoms with van der Waals surface area (Å²) in [6.45, 7) is 2.62. The summed E-state index contributed by atoms with van der Waals surface area (Å²) in [5, 5.41) is 0.741. The highest BCUT2D eigenvalue weighted by atomic mass is 79.9. The number of hydrogen-bond donors (Lipinski definition) is 1. The predicted octanol–water partition coefficient (Wildman–Crippen LogP) is 3.45. The Balaban J connectivity index is 2.41. The number of carbonyl (C=O) groups is 1. The van der Waals surface area contributed by atoms with Gasteiger partial charge in [0.25, 0.3) is 0 Å². The molecule has 1 amide bonds. The lowest BCUT2D eigenvalue weighted by molar-refractivity contribution is -0.117. The van der Waals surface area contributed by atoms with E-state index in [0.29, 0.717) is 18.0 Å². The zero-order chi connectivity index (χ0) is 11.9. The molecule has 16 heavy (non-hydrogen) atoms. The van der Waals surface area contributed by atoms with Crippen molar-refractivity contribution < 1.29 is 4.79 Å². The zero-order valence-electron chi connectivity index (χ0n) is 8.70. The fourth-order valence-electron chi connectivity index (χ4n) is 1.85. The number of thiol groups is 1. The standard InChI is InChI=1S/C11H11BrClNOS/c1-6-2-8(12)9(13)4-10(6)14-5-7(16)3-11(14)15/h2,4,7,16H,3,5H2,1H3. The molecule has 0 aromatic heterocycles. The number of benzene rings is 1. The summed E-state index contributed by atoms with van der Waals surface area (Å²) in [5.41, 5.74) is 1.92. The van der Waals surface area contributed by atoms with E-state index in [2.05, 4.69) is 28.6 Å². The van der Waals surface area contributed by atoms with Gasteiger partial charge in [-0.2, -0.15) is 12.6 Å². The molecular formula is C11H11BrClNOS. The molecule has 0 radical (unpaired) electrons. The van der Waals surface area contributed by atoms with Gasteiger partial charge in [0.2, 0.25) is 5.91 Å². The minimum Gasteiger partial charge on any atom is -0.311 e. The highest BCUT2D eigenvalue weighted by molar-refractivity contribution is 9.10. The smallest absolute Gasteiger partial charge is 0.228 e. The van der Waals surface area contributed by atoms with Gasteiger partial charge in [-0.15, -0.1) is 0 Å². The third-order valence-corrected chi connectivity index (χ3v) is 4.18. The van der Waals surface area contributed by atoms with Crippen molar-refractivity contribution in [3.63, 3.8) is 0 Å². The van der Waals surface area contributed by atoms with Crippen LogP contribution >= 0.6 is 40.2 Å². The molecule has 0 aliphatic carbocycles. The minimum atomic E-state index is 0.112. The van der Waals surface area contributed by atoms with Crippen LogP contribution in [0.3, 0.4) is 0 Å². The lowest BCUT2D eigenvalue weighted by atomic mass is 10.2. The molecule has 0 N–H and O–H groups in total. The van der Waals surface area contributed by atoms with Gasteiger partial charge in [0.1, 0.15) is 0 Å². The Hall–Kier alpha value is -0.190. The van der Waals surface area contributed by atoms with E-state index in [0.717, 1.165) is 15.7 Å². The van der Waals surface area contributed by atoms with Gasteiger partial charge in [-0.1, -0.05) is 11.6 Å². The van der Waals surface area contributed by atoms with Crippen molar-refractivity contribution in [2.24, 2.45) is 0 Å². The molecule has 5 heteroatoms. The summed E-state index contributed by atoms with van der Waals surface area (Å²) in [6.07, 6.45) is 0.496. The predicted molar refractivity (Wildman–Crippen MR) is 73.6 cm³/mol. The van der Waals surface area contributed by atoms with E-state index in [9.17, 15) is 4.79 Å². The maximum Gasteiger partial charge on any atom is 0.228 e. The van der Waals surface area contributed by atoms with Gasteiger partial charge in [-0.3, -0.25) is 4.79 Å². The fourth-order valence-corrected chi connectivity index (χ4v) is 2.78. The van der Waals surface area contributed by atoms with Crippen LogP contribution in [-0.4, -0.2) is 17.7 Å². The molecule has 1 fully saturated rings. The van der Waals surface area contributed by atoms with Crippen LogP contribution < -0.4 is 4.90 Å². The lowest BCUT2D eigenvalue weighted by Crippen LogP contribution is -2.25. The summed E-state index contributed by atoms with van der Waals surface area (Å²) in [6, 6.07) is 3.75. The molecule has 2 rings (SSSR count). The molecule has 1 aromatic carbocycles. The monoisotopic (exact) mass is 319 g/mol. The number of hydrogen-bond acceptors (Lipinski definition) is 2. The normalized spacial score (nSPS) is 20.6. The number of aryl methyl sites for hydroxylation is 1. The van der Waals surface area contributed by atoms with Crippen molar-refractivity contribution in [2.45, 2.75) is 18.6 Å². The summed E-state index contributed by atoms with van der Waals surface area (Å²) in [4.78, 5) is 13.5. The summed E-state index contributed by atoms with van der Waals surface area (Å²) < 4.78 is 0.851. The van der Waals surface area contributed by atoms with Gasteiger partial charge in [-0.05, 0) is 40.5 Å². The van der Waals surface area contributed by atoms with Crippen LogP contribution in [0.5, 0.6) is 0 Å². The molecule has 1 aliphatic rings. The second-order valence-electron chi connectivity index (χ2n) is 3.92. The second kappa shape index (κ2) is 4.59. The molecule has 0 bridgehead atoms. The maximum absolute atomic E-state index is 11.8. The van der Waals surface area contributed by atoms with Gasteiger partial charge < -0.3 is 4.90 Å². The van der Waals surface area contributed by atoms with Crippen molar-refractivity contribution in [3.8, 4) is 0 Å². The van der Waals surface area contributed by atoms with Crippen LogP contribution in [0.1, 0.15) is 12.0 Å². The Bertz CT molecular complexity index is 452. The molecule has 1 heterocycles. The van der Waals surface area contributed by atoms with Crippen molar-refractivity contribution >= 4 is 51.8 Å². The second-order valence-corrected chi connectivity index (χ2v) is 5.91. The topological polar surface area (TPSA) is 20.3 Å². The molecule has 86 valence electrons. The number of carbonyl (C=O) groups excluding carboxylic acids is 1. The molecule has 2 nitrogen and oxygen atoms in total. The average molecular weight is 321 g/mol. The zero-order valence-corrected chi connectivity index (χ0v) is 11.9. The van der Waals surface area contributed by atoms with E-state index in [1.807, 2.05) is 19.1 Å². The van der Waals surface area contributed by atoms with Crippen LogP contribution in [0.4, 0.5) is 5.69 Å². The third kappa shape index (κ3) is 2.24. The van der Waals surface area contributed by atoms with Gasteiger partial charge in [0, 0.05) is 28.4 Å². The van der Waals surface area contributed by atoms with E-state index in [4.69, 9.17) is 11.6 Å². The molecule has 1 saturated heterocycles. The number of nitrogens with zero attached hydrogens (tertiary/aromatic N) is 1. The van der Waals surface area contributed by atoms with E-state index in [1.54, 1.807) is 4.90 Å². The Morgan fingerprint density at radius 2 is 2.25 bits per heavy atom. The summed E-state index contributed by atoms with van der Waals surface area (Å²) in [5.74, 6) is 0.112. The first-order chi connectivity index (χ1) is 7.49. The quantitative estimate of drug-likeness (QED) is 0.786. The first-order valence-corrected chi connectivity index (χ1v) is 6.62. The SMILES string of the molecule is Cc1cc(Br)c(Cl)cc1N1CC(S)CC1=O. The fraction of sp³-hybridized carbons (Fsp3) is 0.364. The van der Waals surface area contributed by atoms with Crippen LogP contribution in [0.15, 0.2) is 16.6 Å². The Labute approximate surface area is 113 Å². The lowest BCUT2D eigenvalue weighted by Gasteiger charge is -2.19. The van der Waals surface area contributed by atoms with Crippen molar-refractivity contribution in [1.82, 2.24) is 0 Å². The van der Waals surface area contributed by atoms with Crippen LogP contribution in [0, 0.1) is 6.92 Å². The Morgan fingerprint density at radius 1 is 1.56 bits per heavy atom. The van der Waals surface area contributed by atoms with E-state index < -0.39 is 0 Å². The number of halogens is 2. The summed E-state index contributed by atoms with van der Waals surface area (Å²) in [7, 11) is 0. The minimum absolute atomic E-state index is 0.112. The molecule has 1 aromatic rings. The highest BCUT2D eigenvalue weighted by Crippen LogP contribution is 2.33. The molecular weight excluding hydrogens is 310 g/mol. The first kappa shape index (κ1) is 12.3. The van der Waals surface area contributed by atoms with Crippen molar-refractivity contribution in [2.75, 3.05) is 11.4 Å².